The molecule has 0 aliphatic heterocycles. The predicted octanol–water partition coefficient (Wildman–Crippen LogP) is 0.901. The summed E-state index contributed by atoms with van der Waals surface area (Å²) < 4.78 is 0. The lowest BCUT2D eigenvalue weighted by Crippen LogP contribution is -2.55. The third-order valence-electron chi connectivity index (χ3n) is 4.33. The van der Waals surface area contributed by atoms with Gasteiger partial charge in [-0.15, -0.1) is 11.3 Å². The second kappa shape index (κ2) is 8.82. The molecule has 0 aromatic carbocycles. The molecule has 1 unspecified atom stereocenters. The second-order valence-corrected chi connectivity index (χ2v) is 7.11. The van der Waals surface area contributed by atoms with Crippen LogP contribution in [0.1, 0.15) is 37.1 Å². The van der Waals surface area contributed by atoms with E-state index in [0.29, 0.717) is 6.54 Å². The Kier molecular flexibility index (Phi) is 6.77. The maximum atomic E-state index is 12.3. The number of nitrogens with one attached hydrogen (secondary N) is 2. The Morgan fingerprint density at radius 1 is 1.44 bits per heavy atom. The molecule has 5 N–H and O–H groups in total. The lowest BCUT2D eigenvalue weighted by Gasteiger charge is -2.42. The van der Waals surface area contributed by atoms with Gasteiger partial charge in [-0.1, -0.05) is 13.0 Å². The number of carbonyl (C=O) groups is 3. The first-order chi connectivity index (χ1) is 11.9. The van der Waals surface area contributed by atoms with E-state index >= 15 is 0 Å². The van der Waals surface area contributed by atoms with E-state index in [1.807, 2.05) is 29.3 Å². The number of aliphatic carboxylic acids is 1. The van der Waals surface area contributed by atoms with Gasteiger partial charge in [0.05, 0.1) is 19.0 Å². The van der Waals surface area contributed by atoms with E-state index in [0.717, 1.165) is 17.7 Å². The highest BCUT2D eigenvalue weighted by Crippen LogP contribution is 2.27. The molecule has 25 heavy (non-hydrogen) atoms. The second-order valence-electron chi connectivity index (χ2n) is 6.13. The number of primary amides is 1. The largest absolute Gasteiger partial charge is 0.480 e. The summed E-state index contributed by atoms with van der Waals surface area (Å²) in [6, 6.07) is 2.82. The first kappa shape index (κ1) is 19.2. The molecule has 1 saturated carbocycles. The average Bonchev–Trinajstić information content (AvgIpc) is 3.01. The van der Waals surface area contributed by atoms with Crippen molar-refractivity contribution in [2.75, 3.05) is 13.1 Å². The fourth-order valence-electron chi connectivity index (χ4n) is 3.03. The Morgan fingerprint density at radius 2 is 2.16 bits per heavy atom. The van der Waals surface area contributed by atoms with Crippen LogP contribution in [0.15, 0.2) is 17.5 Å². The number of hydrogen-bond acceptors (Lipinski definition) is 5. The Bertz CT molecular complexity index is 601. The van der Waals surface area contributed by atoms with Gasteiger partial charge in [0.25, 0.3) is 0 Å². The molecule has 9 heteroatoms. The molecule has 0 radical (unpaired) electrons. The maximum Gasteiger partial charge on any atom is 0.317 e. The van der Waals surface area contributed by atoms with Crippen molar-refractivity contribution >= 4 is 29.2 Å². The van der Waals surface area contributed by atoms with Gasteiger partial charge in [0.15, 0.2) is 0 Å². The number of rotatable bonds is 9. The van der Waals surface area contributed by atoms with E-state index in [9.17, 15) is 14.4 Å². The van der Waals surface area contributed by atoms with Gasteiger partial charge in [-0.3, -0.25) is 14.5 Å². The maximum absolute atomic E-state index is 12.3. The van der Waals surface area contributed by atoms with Crippen LogP contribution in [0, 0.1) is 0 Å². The first-order valence-corrected chi connectivity index (χ1v) is 9.11. The number of urea groups is 1. The van der Waals surface area contributed by atoms with E-state index in [1.165, 1.54) is 11.3 Å². The Balaban J connectivity index is 1.80. The Labute approximate surface area is 150 Å². The van der Waals surface area contributed by atoms with Crippen LogP contribution < -0.4 is 16.4 Å². The zero-order chi connectivity index (χ0) is 18.4. The molecule has 0 spiro atoms. The third-order valence-corrected chi connectivity index (χ3v) is 5.32. The first-order valence-electron chi connectivity index (χ1n) is 8.23. The van der Waals surface area contributed by atoms with E-state index in [2.05, 4.69) is 10.6 Å². The third kappa shape index (κ3) is 5.71. The van der Waals surface area contributed by atoms with Gasteiger partial charge in [0.1, 0.15) is 0 Å². The van der Waals surface area contributed by atoms with Crippen LogP contribution in [0.3, 0.4) is 0 Å². The topological polar surface area (TPSA) is 125 Å². The molecule has 1 heterocycles. The number of nitrogens with zero attached hydrogens (tertiary/aromatic N) is 1. The number of nitrogens with two attached hydrogens (primary N) is 1. The summed E-state index contributed by atoms with van der Waals surface area (Å²) in [4.78, 5) is 37.0. The summed E-state index contributed by atoms with van der Waals surface area (Å²) in [6.07, 6.45) is 1.59. The average molecular weight is 368 g/mol. The molecule has 2 rings (SSSR count). The molecule has 1 aromatic rings. The van der Waals surface area contributed by atoms with Crippen LogP contribution in [0.5, 0.6) is 0 Å². The van der Waals surface area contributed by atoms with Gasteiger partial charge < -0.3 is 21.5 Å². The molecule has 1 aromatic heterocycles. The van der Waals surface area contributed by atoms with Crippen molar-refractivity contribution < 1.29 is 19.5 Å². The molecule has 1 fully saturated rings. The summed E-state index contributed by atoms with van der Waals surface area (Å²) in [5.41, 5.74) is 5.19. The van der Waals surface area contributed by atoms with Crippen molar-refractivity contribution in [3.8, 4) is 0 Å². The summed E-state index contributed by atoms with van der Waals surface area (Å²) in [5.74, 6) is -0.998. The van der Waals surface area contributed by atoms with Crippen molar-refractivity contribution in [2.45, 2.75) is 44.3 Å². The molecule has 1 aliphatic carbocycles. The molecule has 138 valence electrons. The molecule has 1 atom stereocenters. The fourth-order valence-corrected chi connectivity index (χ4v) is 3.81. The Morgan fingerprint density at radius 3 is 2.68 bits per heavy atom. The molecular formula is C16H24N4O4S. The van der Waals surface area contributed by atoms with Crippen LogP contribution >= 0.6 is 11.3 Å². The predicted molar refractivity (Wildman–Crippen MR) is 94.2 cm³/mol. The van der Waals surface area contributed by atoms with Crippen molar-refractivity contribution in [3.63, 3.8) is 0 Å². The van der Waals surface area contributed by atoms with Crippen LogP contribution in [0.2, 0.25) is 0 Å². The van der Waals surface area contributed by atoms with E-state index < -0.39 is 18.0 Å². The summed E-state index contributed by atoms with van der Waals surface area (Å²) in [7, 11) is 0. The van der Waals surface area contributed by atoms with E-state index in [4.69, 9.17) is 10.8 Å². The van der Waals surface area contributed by atoms with E-state index in [1.54, 1.807) is 0 Å². The van der Waals surface area contributed by atoms with E-state index in [-0.39, 0.29) is 31.0 Å². The molecular weight excluding hydrogens is 344 g/mol. The number of hydrogen-bond donors (Lipinski definition) is 4. The number of likely N-dealkylation sites (N-methyl/N-ethyl adjacent to an activating group) is 1. The fraction of sp³-hybridized carbons (Fsp3) is 0.562. The number of thiophene rings is 1. The van der Waals surface area contributed by atoms with Crippen LogP contribution in [-0.2, 0) is 9.59 Å². The minimum atomic E-state index is -0.842. The van der Waals surface area contributed by atoms with Crippen molar-refractivity contribution in [3.05, 3.63) is 22.4 Å². The Hall–Kier alpha value is -2.13. The molecule has 3 amide bonds. The zero-order valence-electron chi connectivity index (χ0n) is 14.1. The van der Waals surface area contributed by atoms with Crippen LogP contribution in [0.25, 0.3) is 0 Å². The number of carboxylic acid groups (broad SMARTS) is 1. The van der Waals surface area contributed by atoms with Crippen molar-refractivity contribution in [2.24, 2.45) is 5.73 Å². The molecule has 0 bridgehead atoms. The quantitative estimate of drug-likeness (QED) is 0.515. The van der Waals surface area contributed by atoms with Gasteiger partial charge in [-0.2, -0.15) is 0 Å². The van der Waals surface area contributed by atoms with Gasteiger partial charge in [0, 0.05) is 17.0 Å². The summed E-state index contributed by atoms with van der Waals surface area (Å²) >= 11 is 1.45. The van der Waals surface area contributed by atoms with Gasteiger partial charge in [0.2, 0.25) is 5.91 Å². The minimum absolute atomic E-state index is 0.0187. The highest BCUT2D eigenvalue weighted by Gasteiger charge is 2.35. The monoisotopic (exact) mass is 368 g/mol. The smallest absolute Gasteiger partial charge is 0.317 e. The molecule has 0 saturated heterocycles. The van der Waals surface area contributed by atoms with Crippen LogP contribution in [0.4, 0.5) is 4.79 Å². The summed E-state index contributed by atoms with van der Waals surface area (Å²) in [6.45, 7) is 2.61. The highest BCUT2D eigenvalue weighted by molar-refractivity contribution is 7.10. The highest BCUT2D eigenvalue weighted by atomic mass is 32.1. The van der Waals surface area contributed by atoms with Gasteiger partial charge in [-0.05, 0) is 30.8 Å². The number of amides is 3. The number of carboxylic acids is 1. The summed E-state index contributed by atoms with van der Waals surface area (Å²) in [5, 5.41) is 16.3. The zero-order valence-corrected chi connectivity index (χ0v) is 14.9. The lowest BCUT2D eigenvalue weighted by atomic mass is 9.85. The van der Waals surface area contributed by atoms with Gasteiger partial charge >= 0.3 is 12.0 Å². The normalized spacial score (nSPS) is 20.6. The molecule has 8 nitrogen and oxygen atoms in total. The van der Waals surface area contributed by atoms with Crippen LogP contribution in [-0.4, -0.2) is 53.1 Å². The van der Waals surface area contributed by atoms with Gasteiger partial charge in [-0.25, -0.2) is 4.79 Å². The minimum Gasteiger partial charge on any atom is -0.480 e. The molecule has 1 aliphatic rings. The standard InChI is InChI=1S/C16H24N4O4S/c1-2-20(9-15(22)23)11-6-10(7-11)18-14(21)8-12(19-16(17)24)13-4-3-5-25-13/h3-5,10-12H,2,6-9H2,1H3,(H,18,21)(H,22,23)(H3,17,19,24). The van der Waals surface area contributed by atoms with Crippen molar-refractivity contribution in [1.82, 2.24) is 15.5 Å². The SMILES string of the molecule is CCN(CC(=O)O)C1CC(NC(=O)CC(NC(N)=O)c2cccs2)C1. The van der Waals surface area contributed by atoms with Crippen molar-refractivity contribution in [1.29, 1.82) is 0 Å². The number of carbonyl (C=O) groups excluding carboxylic acids is 2. The lowest BCUT2D eigenvalue weighted by molar-refractivity contribution is -0.139.